The summed E-state index contributed by atoms with van der Waals surface area (Å²) in [5.41, 5.74) is 0.508. The molecular weight excluding hydrogens is 367 g/mol. The lowest BCUT2D eigenvalue weighted by molar-refractivity contribution is -0.182. The second-order valence-corrected chi connectivity index (χ2v) is 8.62. The van der Waals surface area contributed by atoms with Crippen LogP contribution in [0.1, 0.15) is 46.1 Å². The third kappa shape index (κ3) is 7.37. The predicted molar refractivity (Wildman–Crippen MR) is 96.3 cm³/mol. The Labute approximate surface area is 155 Å². The third-order valence-electron chi connectivity index (χ3n) is 3.45. The van der Waals surface area contributed by atoms with Gasteiger partial charge in [0.15, 0.2) is 0 Å². The minimum atomic E-state index is -4.61. The number of hydrogen-bond donors (Lipinski definition) is 0. The first kappa shape index (κ1) is 22.5. The summed E-state index contributed by atoms with van der Waals surface area (Å²) in [7, 11) is 0. The predicted octanol–water partition coefficient (Wildman–Crippen LogP) is 4.46. The van der Waals surface area contributed by atoms with Gasteiger partial charge in [0.2, 0.25) is 0 Å². The normalized spacial score (nSPS) is 15.5. The molecule has 0 bridgehead atoms. The molecule has 26 heavy (non-hydrogen) atoms. The largest absolute Gasteiger partial charge is 0.591 e. The van der Waals surface area contributed by atoms with E-state index in [1.54, 1.807) is 51.1 Å². The maximum atomic E-state index is 13.4. The minimum Gasteiger partial charge on any atom is -0.591 e. The van der Waals surface area contributed by atoms with Crippen molar-refractivity contribution in [2.45, 2.75) is 51.5 Å². The topological polar surface area (TPSA) is 61.7 Å². The first-order chi connectivity index (χ1) is 11.9. The van der Waals surface area contributed by atoms with E-state index in [4.69, 9.17) is 0 Å². The fraction of sp³-hybridized carbons (Fsp3) is 0.556. The molecule has 0 saturated heterocycles. The molecule has 0 heterocycles. The van der Waals surface area contributed by atoms with Gasteiger partial charge in [-0.05, 0) is 27.7 Å². The molecule has 0 aromatic heterocycles. The van der Waals surface area contributed by atoms with Crippen LogP contribution in [0.25, 0.3) is 0 Å². The molecule has 1 aromatic carbocycles. The Bertz CT molecular complexity index is 612. The van der Waals surface area contributed by atoms with Gasteiger partial charge in [0.05, 0.1) is 24.7 Å². The lowest BCUT2D eigenvalue weighted by atomic mass is 9.94. The maximum absolute atomic E-state index is 13.4. The molecule has 0 fully saturated rings. The van der Waals surface area contributed by atoms with Crippen molar-refractivity contribution in [1.29, 1.82) is 0 Å². The highest BCUT2D eigenvalue weighted by Crippen LogP contribution is 2.33. The van der Waals surface area contributed by atoms with Gasteiger partial charge < -0.3 is 9.29 Å². The molecule has 0 unspecified atom stereocenters. The van der Waals surface area contributed by atoms with E-state index in [-0.39, 0.29) is 12.3 Å². The van der Waals surface area contributed by atoms with E-state index in [1.165, 1.54) is 6.92 Å². The summed E-state index contributed by atoms with van der Waals surface area (Å²) in [6.45, 7) is 6.61. The highest BCUT2D eigenvalue weighted by atomic mass is 32.2. The lowest BCUT2D eigenvalue weighted by Gasteiger charge is -2.22. The number of rotatable bonds is 7. The van der Waals surface area contributed by atoms with Crippen LogP contribution in [-0.2, 0) is 20.9 Å². The van der Waals surface area contributed by atoms with Gasteiger partial charge in [-0.25, -0.2) is 0 Å². The first-order valence-corrected chi connectivity index (χ1v) is 9.33. The van der Waals surface area contributed by atoms with Gasteiger partial charge in [-0.15, -0.1) is 0 Å². The van der Waals surface area contributed by atoms with Crippen LogP contribution in [0, 0.1) is 5.92 Å². The molecule has 1 aromatic rings. The molecular formula is C18H24F3NO3S. The Morgan fingerprint density at radius 1 is 1.19 bits per heavy atom. The third-order valence-corrected chi connectivity index (χ3v) is 4.88. The van der Waals surface area contributed by atoms with Crippen molar-refractivity contribution in [1.82, 2.24) is 0 Å². The number of alkyl halides is 3. The van der Waals surface area contributed by atoms with Crippen LogP contribution in [-0.4, -0.2) is 33.8 Å². The quantitative estimate of drug-likeness (QED) is 0.392. The van der Waals surface area contributed by atoms with Crippen molar-refractivity contribution >= 4 is 23.0 Å². The van der Waals surface area contributed by atoms with Gasteiger partial charge in [-0.2, -0.15) is 13.2 Å². The Morgan fingerprint density at radius 3 is 2.23 bits per heavy atom. The summed E-state index contributed by atoms with van der Waals surface area (Å²) in [6, 6.07) is 8.27. The number of benzene rings is 1. The lowest BCUT2D eigenvalue weighted by Crippen LogP contribution is -2.31. The molecule has 146 valence electrons. The van der Waals surface area contributed by atoms with Gasteiger partial charge in [0.1, 0.15) is 16.1 Å². The van der Waals surface area contributed by atoms with Crippen molar-refractivity contribution in [3.8, 4) is 0 Å². The van der Waals surface area contributed by atoms with Gasteiger partial charge >= 0.3 is 12.1 Å². The van der Waals surface area contributed by atoms with Gasteiger partial charge in [-0.3, -0.25) is 4.79 Å². The van der Waals surface area contributed by atoms with Crippen molar-refractivity contribution in [3.05, 3.63) is 35.9 Å². The van der Waals surface area contributed by atoms with Crippen LogP contribution < -0.4 is 0 Å². The van der Waals surface area contributed by atoms with E-state index >= 15 is 0 Å². The molecule has 0 saturated carbocycles. The van der Waals surface area contributed by atoms with Crippen molar-refractivity contribution < 1.29 is 27.3 Å². The molecule has 0 aliphatic rings. The smallest absolute Gasteiger partial charge is 0.392 e. The van der Waals surface area contributed by atoms with Crippen molar-refractivity contribution in [2.75, 3.05) is 6.61 Å². The monoisotopic (exact) mass is 391 g/mol. The van der Waals surface area contributed by atoms with Crippen LogP contribution in [0.2, 0.25) is 0 Å². The number of carbonyl (C=O) groups excluding carboxylic acids is 1. The fourth-order valence-corrected chi connectivity index (χ4v) is 2.69. The van der Waals surface area contributed by atoms with E-state index in [0.29, 0.717) is 5.56 Å². The van der Waals surface area contributed by atoms with Crippen LogP contribution in [0.5, 0.6) is 0 Å². The zero-order valence-electron chi connectivity index (χ0n) is 15.3. The molecule has 8 heteroatoms. The second kappa shape index (κ2) is 9.41. The average Bonchev–Trinajstić information content (AvgIpc) is 2.52. The summed E-state index contributed by atoms with van der Waals surface area (Å²) in [5.74, 6) is -2.88. The summed E-state index contributed by atoms with van der Waals surface area (Å²) < 4.78 is 60.6. The highest BCUT2D eigenvalue weighted by molar-refractivity contribution is 7.91. The average molecular weight is 391 g/mol. The van der Waals surface area contributed by atoms with Crippen molar-refractivity contribution in [3.63, 3.8) is 0 Å². The maximum Gasteiger partial charge on any atom is 0.392 e. The molecule has 0 radical (unpaired) electrons. The molecule has 0 spiro atoms. The Balaban J connectivity index is 3.19. The summed E-state index contributed by atoms with van der Waals surface area (Å²) in [6.07, 6.45) is -5.95. The van der Waals surface area contributed by atoms with Crippen LogP contribution in [0.4, 0.5) is 13.2 Å². The standard InChI is InChI=1S/C18H24F3NO3S/c1-5-25-16(23)12-14(18(19,20)21)11-15(13-9-7-6-8-10-13)22-26(24)17(2,3)4/h6-10,14H,5,11-12H2,1-4H3/b22-15-/t14-,26+/m1/s1. The number of esters is 1. The van der Waals surface area contributed by atoms with Crippen LogP contribution in [0.3, 0.4) is 0 Å². The number of carbonyl (C=O) groups is 1. The van der Waals surface area contributed by atoms with E-state index in [9.17, 15) is 22.5 Å². The molecule has 0 aliphatic heterocycles. The molecule has 4 nitrogen and oxygen atoms in total. The molecule has 0 amide bonds. The SMILES string of the molecule is CCOC(=O)C[C@@H](C/C(=N/[S@@+]([O-])C(C)(C)C)c1ccccc1)C(F)(F)F. The van der Waals surface area contributed by atoms with Crippen LogP contribution >= 0.6 is 0 Å². The Hall–Kier alpha value is -1.54. The van der Waals surface area contributed by atoms with Crippen LogP contribution in [0.15, 0.2) is 34.7 Å². The summed E-state index contributed by atoms with van der Waals surface area (Å²) in [5, 5.41) is 0. The number of hydrogen-bond acceptors (Lipinski definition) is 4. The Kier molecular flexibility index (Phi) is 8.15. The van der Waals surface area contributed by atoms with E-state index in [1.807, 2.05) is 0 Å². The molecule has 0 N–H and O–H groups in total. The zero-order chi connectivity index (χ0) is 20.0. The van der Waals surface area contributed by atoms with E-state index in [2.05, 4.69) is 9.13 Å². The number of nitrogens with zero attached hydrogens (tertiary/aromatic N) is 1. The minimum absolute atomic E-state index is 0.0110. The molecule has 1 rings (SSSR count). The van der Waals surface area contributed by atoms with Gasteiger partial charge in [-0.1, -0.05) is 34.7 Å². The van der Waals surface area contributed by atoms with Gasteiger partial charge in [0, 0.05) is 12.0 Å². The summed E-state index contributed by atoms with van der Waals surface area (Å²) in [4.78, 5) is 11.6. The molecule has 0 aliphatic carbocycles. The number of ether oxygens (including phenoxy) is 1. The zero-order valence-corrected chi connectivity index (χ0v) is 16.1. The Morgan fingerprint density at radius 2 is 1.77 bits per heavy atom. The van der Waals surface area contributed by atoms with Gasteiger partial charge in [0.25, 0.3) is 0 Å². The highest BCUT2D eigenvalue weighted by Gasteiger charge is 2.42. The van der Waals surface area contributed by atoms with E-state index in [0.717, 1.165) is 0 Å². The van der Waals surface area contributed by atoms with E-state index < -0.39 is 47.0 Å². The number of halogens is 3. The second-order valence-electron chi connectivity index (χ2n) is 6.72. The fourth-order valence-electron chi connectivity index (χ4n) is 2.03. The molecule has 2 atom stereocenters. The summed E-state index contributed by atoms with van der Waals surface area (Å²) >= 11 is -1.72. The van der Waals surface area contributed by atoms with Crippen molar-refractivity contribution in [2.24, 2.45) is 10.3 Å². The first-order valence-electron chi connectivity index (χ1n) is 8.22.